The van der Waals surface area contributed by atoms with Gasteiger partial charge < -0.3 is 4.48 Å². The van der Waals surface area contributed by atoms with Gasteiger partial charge in [0.2, 0.25) is 0 Å². The van der Waals surface area contributed by atoms with E-state index < -0.39 is 0 Å². The molecule has 0 saturated carbocycles. The van der Waals surface area contributed by atoms with Gasteiger partial charge in [0.1, 0.15) is 6.54 Å². The third kappa shape index (κ3) is 11.4. The van der Waals surface area contributed by atoms with Gasteiger partial charge in [-0.2, -0.15) is 0 Å². The summed E-state index contributed by atoms with van der Waals surface area (Å²) < 4.78 is 1.22. The summed E-state index contributed by atoms with van der Waals surface area (Å²) in [5.41, 5.74) is 1.49. The minimum Gasteiger partial charge on any atom is -0.322 e. The lowest BCUT2D eigenvalue weighted by molar-refractivity contribution is -0.923. The van der Waals surface area contributed by atoms with Gasteiger partial charge in [-0.1, -0.05) is 102 Å². The van der Waals surface area contributed by atoms with Crippen LogP contribution in [0.5, 0.6) is 0 Å². The minimum absolute atomic E-state index is 1.19. The van der Waals surface area contributed by atoms with Crippen molar-refractivity contribution in [3.8, 4) is 0 Å². The largest absolute Gasteiger partial charge is 0.322 e. The highest BCUT2D eigenvalue weighted by Gasteiger charge is 2.20. The summed E-state index contributed by atoms with van der Waals surface area (Å²) in [6.45, 7) is 8.46. The van der Waals surface area contributed by atoms with Gasteiger partial charge in [0, 0.05) is 5.56 Å². The van der Waals surface area contributed by atoms with Gasteiger partial charge >= 0.3 is 0 Å². The van der Waals surface area contributed by atoms with Gasteiger partial charge in [-0.15, -0.1) is 0 Å². The molecule has 1 rings (SSSR count). The lowest BCUT2D eigenvalue weighted by Crippen LogP contribution is -2.44. The Bertz CT molecular complexity index is 400. The molecule has 0 fully saturated rings. The average Bonchev–Trinajstić information content (AvgIpc) is 2.62. The zero-order valence-corrected chi connectivity index (χ0v) is 17.4. The molecule has 1 aromatic rings. The SMILES string of the molecule is CCCCCCCCCCCC[N+](C)(CCCC)Cc1ccccc1. The van der Waals surface area contributed by atoms with Gasteiger partial charge in [0.25, 0.3) is 0 Å². The summed E-state index contributed by atoms with van der Waals surface area (Å²) in [6, 6.07) is 11.1. The molecule has 0 radical (unpaired) electrons. The first-order valence-electron chi connectivity index (χ1n) is 11.1. The number of nitrogens with zero attached hydrogens (tertiary/aromatic N) is 1. The molecule has 1 atom stereocenters. The molecule has 25 heavy (non-hydrogen) atoms. The Kier molecular flexibility index (Phi) is 12.8. The fourth-order valence-corrected chi connectivity index (χ4v) is 3.81. The van der Waals surface area contributed by atoms with E-state index >= 15 is 0 Å². The third-order valence-electron chi connectivity index (χ3n) is 5.51. The van der Waals surface area contributed by atoms with Crippen LogP contribution in [0.1, 0.15) is 96.5 Å². The van der Waals surface area contributed by atoms with E-state index in [2.05, 4.69) is 51.2 Å². The second-order valence-electron chi connectivity index (χ2n) is 8.25. The first-order valence-corrected chi connectivity index (χ1v) is 11.1. The lowest BCUT2D eigenvalue weighted by Gasteiger charge is -2.35. The van der Waals surface area contributed by atoms with E-state index in [1.807, 2.05) is 0 Å². The van der Waals surface area contributed by atoms with Crippen LogP contribution in [0.3, 0.4) is 0 Å². The molecule has 0 aromatic heterocycles. The summed E-state index contributed by atoms with van der Waals surface area (Å²) in [5, 5.41) is 0. The summed E-state index contributed by atoms with van der Waals surface area (Å²) in [4.78, 5) is 0. The number of unbranched alkanes of at least 4 members (excludes halogenated alkanes) is 10. The first kappa shape index (κ1) is 22.2. The van der Waals surface area contributed by atoms with Gasteiger partial charge in [0.15, 0.2) is 0 Å². The molecule has 0 heterocycles. The van der Waals surface area contributed by atoms with E-state index in [0.29, 0.717) is 0 Å². The molecule has 1 aromatic carbocycles. The standard InChI is InChI=1S/C24H44N/c1-4-6-8-9-10-11-12-13-14-18-22-25(3,21-7-5-2)23-24-19-16-15-17-20-24/h15-17,19-20H,4-14,18,21-23H2,1-3H3/q+1. The van der Waals surface area contributed by atoms with Crippen LogP contribution in [-0.2, 0) is 6.54 Å². The Morgan fingerprint density at radius 2 is 1.08 bits per heavy atom. The molecule has 0 aliphatic carbocycles. The molecule has 1 heteroatoms. The van der Waals surface area contributed by atoms with Crippen LogP contribution in [-0.4, -0.2) is 24.6 Å². The fraction of sp³-hybridized carbons (Fsp3) is 0.750. The maximum Gasteiger partial charge on any atom is 0.104 e. The van der Waals surface area contributed by atoms with Crippen molar-refractivity contribution in [3.63, 3.8) is 0 Å². The molecule has 0 N–H and O–H groups in total. The Labute approximate surface area is 158 Å². The highest BCUT2D eigenvalue weighted by Crippen LogP contribution is 2.17. The molecule has 0 spiro atoms. The summed E-state index contributed by atoms with van der Waals surface area (Å²) >= 11 is 0. The minimum atomic E-state index is 1.19. The average molecular weight is 347 g/mol. The summed E-state index contributed by atoms with van der Waals surface area (Å²) in [6.07, 6.45) is 17.0. The lowest BCUT2D eigenvalue weighted by atomic mass is 10.1. The number of rotatable bonds is 16. The number of benzene rings is 1. The predicted molar refractivity (Wildman–Crippen MR) is 113 cm³/mol. The van der Waals surface area contributed by atoms with Crippen LogP contribution in [0.15, 0.2) is 30.3 Å². The zero-order chi connectivity index (χ0) is 18.2. The summed E-state index contributed by atoms with van der Waals surface area (Å²) in [7, 11) is 2.47. The van der Waals surface area contributed by atoms with Crippen molar-refractivity contribution < 1.29 is 4.48 Å². The maximum absolute atomic E-state index is 2.47. The molecule has 144 valence electrons. The zero-order valence-electron chi connectivity index (χ0n) is 17.4. The number of hydrogen-bond donors (Lipinski definition) is 0. The van der Waals surface area contributed by atoms with E-state index in [1.54, 1.807) is 0 Å². The Balaban J connectivity index is 2.20. The van der Waals surface area contributed by atoms with Crippen LogP contribution in [0, 0.1) is 0 Å². The van der Waals surface area contributed by atoms with Crippen LogP contribution >= 0.6 is 0 Å². The summed E-state index contributed by atoms with van der Waals surface area (Å²) in [5.74, 6) is 0. The van der Waals surface area contributed by atoms with Gasteiger partial charge in [0.05, 0.1) is 20.1 Å². The van der Waals surface area contributed by atoms with Crippen molar-refractivity contribution in [2.24, 2.45) is 0 Å². The third-order valence-corrected chi connectivity index (χ3v) is 5.51. The van der Waals surface area contributed by atoms with Crippen molar-refractivity contribution >= 4 is 0 Å². The first-order chi connectivity index (χ1) is 12.2. The molecule has 0 bridgehead atoms. The van der Waals surface area contributed by atoms with Crippen LogP contribution in [0.2, 0.25) is 0 Å². The molecule has 0 aliphatic rings. The van der Waals surface area contributed by atoms with Gasteiger partial charge in [-0.3, -0.25) is 0 Å². The smallest absolute Gasteiger partial charge is 0.104 e. The monoisotopic (exact) mass is 346 g/mol. The fourth-order valence-electron chi connectivity index (χ4n) is 3.81. The second-order valence-corrected chi connectivity index (χ2v) is 8.25. The molecule has 1 unspecified atom stereocenters. The van der Waals surface area contributed by atoms with Crippen LogP contribution in [0.4, 0.5) is 0 Å². The molecule has 1 nitrogen and oxygen atoms in total. The van der Waals surface area contributed by atoms with Crippen molar-refractivity contribution in [3.05, 3.63) is 35.9 Å². The van der Waals surface area contributed by atoms with Crippen LogP contribution < -0.4 is 0 Å². The number of hydrogen-bond acceptors (Lipinski definition) is 0. The van der Waals surface area contributed by atoms with Gasteiger partial charge in [-0.05, 0) is 19.3 Å². The van der Waals surface area contributed by atoms with E-state index in [-0.39, 0.29) is 0 Å². The van der Waals surface area contributed by atoms with E-state index in [4.69, 9.17) is 0 Å². The normalized spacial score (nSPS) is 13.7. The number of quaternary nitrogens is 1. The van der Waals surface area contributed by atoms with Crippen molar-refractivity contribution in [1.29, 1.82) is 0 Å². The predicted octanol–water partition coefficient (Wildman–Crippen LogP) is 7.35. The molecular weight excluding hydrogens is 302 g/mol. The van der Waals surface area contributed by atoms with Crippen molar-refractivity contribution in [2.75, 3.05) is 20.1 Å². The highest BCUT2D eigenvalue weighted by molar-refractivity contribution is 5.13. The van der Waals surface area contributed by atoms with Crippen molar-refractivity contribution in [2.45, 2.75) is 97.4 Å². The second kappa shape index (κ2) is 14.4. The van der Waals surface area contributed by atoms with E-state index in [9.17, 15) is 0 Å². The van der Waals surface area contributed by atoms with E-state index in [0.717, 1.165) is 0 Å². The Morgan fingerprint density at radius 1 is 0.600 bits per heavy atom. The molecule has 0 amide bonds. The maximum atomic E-state index is 2.47. The Hall–Kier alpha value is -0.820. The topological polar surface area (TPSA) is 0 Å². The van der Waals surface area contributed by atoms with Crippen molar-refractivity contribution in [1.82, 2.24) is 0 Å². The van der Waals surface area contributed by atoms with Crippen LogP contribution in [0.25, 0.3) is 0 Å². The quantitative estimate of drug-likeness (QED) is 0.217. The molecule has 0 saturated heterocycles. The Morgan fingerprint density at radius 3 is 1.64 bits per heavy atom. The van der Waals surface area contributed by atoms with E-state index in [1.165, 1.54) is 107 Å². The van der Waals surface area contributed by atoms with Gasteiger partial charge in [-0.25, -0.2) is 0 Å². The molecule has 0 aliphatic heterocycles. The molecular formula is C24H44N+. The highest BCUT2D eigenvalue weighted by atomic mass is 15.3.